The smallest absolute Gasteiger partial charge is 0.247 e. The predicted octanol–water partition coefficient (Wildman–Crippen LogP) is 3.65. The van der Waals surface area contributed by atoms with Gasteiger partial charge in [0.25, 0.3) is 0 Å². The van der Waals surface area contributed by atoms with Gasteiger partial charge in [-0.3, -0.25) is 14.4 Å². The van der Waals surface area contributed by atoms with E-state index >= 15 is 0 Å². The van der Waals surface area contributed by atoms with Crippen LogP contribution in [0.2, 0.25) is 5.02 Å². The van der Waals surface area contributed by atoms with Gasteiger partial charge in [-0.15, -0.1) is 11.8 Å². The number of rotatable bonds is 5. The summed E-state index contributed by atoms with van der Waals surface area (Å²) in [6, 6.07) is 14.1. The number of carbonyl (C=O) groups is 3. The SMILES string of the molecule is Cc1c(Cl)cccc1NC(=O)CS[C@@H]1CC(=O)N(c2ccccc2)C1=O. The van der Waals surface area contributed by atoms with E-state index in [1.807, 2.05) is 13.0 Å². The summed E-state index contributed by atoms with van der Waals surface area (Å²) in [5.41, 5.74) is 1.99. The van der Waals surface area contributed by atoms with Crippen molar-refractivity contribution in [2.45, 2.75) is 18.6 Å². The van der Waals surface area contributed by atoms with E-state index in [-0.39, 0.29) is 29.9 Å². The molecule has 1 saturated heterocycles. The number of para-hydroxylation sites is 1. The Labute approximate surface area is 160 Å². The van der Waals surface area contributed by atoms with E-state index in [1.165, 1.54) is 16.7 Å². The molecular weight excluding hydrogens is 372 g/mol. The normalized spacial score (nSPS) is 16.8. The molecule has 2 aromatic rings. The summed E-state index contributed by atoms with van der Waals surface area (Å²) in [4.78, 5) is 38.1. The summed E-state index contributed by atoms with van der Waals surface area (Å²) in [5, 5.41) is 2.82. The van der Waals surface area contributed by atoms with Crippen LogP contribution in [0.5, 0.6) is 0 Å². The third-order valence-electron chi connectivity index (χ3n) is 4.08. The Bertz CT molecular complexity index is 857. The maximum Gasteiger partial charge on any atom is 0.247 e. The Hall–Kier alpha value is -2.31. The maximum atomic E-state index is 12.5. The monoisotopic (exact) mass is 388 g/mol. The number of anilines is 2. The molecule has 0 aromatic heterocycles. The zero-order chi connectivity index (χ0) is 18.7. The molecule has 1 aliphatic rings. The number of benzene rings is 2. The van der Waals surface area contributed by atoms with Crippen LogP contribution in [0.25, 0.3) is 0 Å². The molecule has 0 saturated carbocycles. The highest BCUT2D eigenvalue weighted by Gasteiger charge is 2.39. The van der Waals surface area contributed by atoms with Crippen molar-refractivity contribution in [2.24, 2.45) is 0 Å². The number of nitrogens with zero attached hydrogens (tertiary/aromatic N) is 1. The molecule has 7 heteroatoms. The van der Waals surface area contributed by atoms with Crippen molar-refractivity contribution in [3.63, 3.8) is 0 Å². The third-order valence-corrected chi connectivity index (χ3v) is 5.69. The predicted molar refractivity (Wildman–Crippen MR) is 105 cm³/mol. The second kappa shape index (κ2) is 7.93. The molecule has 1 aliphatic heterocycles. The Kier molecular flexibility index (Phi) is 5.64. The van der Waals surface area contributed by atoms with Gasteiger partial charge in [-0.05, 0) is 36.8 Å². The van der Waals surface area contributed by atoms with E-state index in [2.05, 4.69) is 5.32 Å². The Morgan fingerprint density at radius 2 is 1.92 bits per heavy atom. The first-order valence-electron chi connectivity index (χ1n) is 8.06. The Morgan fingerprint density at radius 3 is 2.65 bits per heavy atom. The molecule has 1 N–H and O–H groups in total. The van der Waals surface area contributed by atoms with Crippen molar-refractivity contribution in [1.82, 2.24) is 0 Å². The van der Waals surface area contributed by atoms with Gasteiger partial charge in [-0.25, -0.2) is 4.90 Å². The molecule has 3 amide bonds. The van der Waals surface area contributed by atoms with Crippen molar-refractivity contribution >= 4 is 52.5 Å². The van der Waals surface area contributed by atoms with Crippen molar-refractivity contribution in [2.75, 3.05) is 16.0 Å². The van der Waals surface area contributed by atoms with Crippen LogP contribution in [-0.4, -0.2) is 28.7 Å². The van der Waals surface area contributed by atoms with Gasteiger partial charge in [-0.2, -0.15) is 0 Å². The topological polar surface area (TPSA) is 66.5 Å². The molecule has 1 atom stereocenters. The number of nitrogens with one attached hydrogen (secondary N) is 1. The van der Waals surface area contributed by atoms with Gasteiger partial charge in [0.2, 0.25) is 17.7 Å². The van der Waals surface area contributed by atoms with Crippen molar-refractivity contribution < 1.29 is 14.4 Å². The number of imide groups is 1. The molecule has 0 radical (unpaired) electrons. The molecule has 0 spiro atoms. The summed E-state index contributed by atoms with van der Waals surface area (Å²) < 4.78 is 0. The van der Waals surface area contributed by atoms with Crippen LogP contribution < -0.4 is 10.2 Å². The van der Waals surface area contributed by atoms with Crippen LogP contribution >= 0.6 is 23.4 Å². The molecule has 0 unspecified atom stereocenters. The Balaban J connectivity index is 1.60. The lowest BCUT2D eigenvalue weighted by Crippen LogP contribution is -2.31. The number of carbonyl (C=O) groups excluding carboxylic acids is 3. The highest BCUT2D eigenvalue weighted by molar-refractivity contribution is 8.01. The fourth-order valence-corrected chi connectivity index (χ4v) is 3.80. The quantitative estimate of drug-likeness (QED) is 0.794. The van der Waals surface area contributed by atoms with Crippen LogP contribution in [-0.2, 0) is 14.4 Å². The van der Waals surface area contributed by atoms with Gasteiger partial charge < -0.3 is 5.32 Å². The van der Waals surface area contributed by atoms with Gasteiger partial charge in [0, 0.05) is 17.1 Å². The largest absolute Gasteiger partial charge is 0.325 e. The first kappa shape index (κ1) is 18.5. The molecule has 2 aromatic carbocycles. The average Bonchev–Trinajstić information content (AvgIpc) is 2.91. The first-order valence-corrected chi connectivity index (χ1v) is 9.48. The molecule has 3 rings (SSSR count). The standard InChI is InChI=1S/C19H17ClN2O3S/c1-12-14(20)8-5-9-15(12)21-17(23)11-26-16-10-18(24)22(19(16)25)13-6-3-2-4-7-13/h2-9,16H,10-11H2,1H3,(H,21,23)/t16-/m1/s1. The number of amides is 3. The van der Waals surface area contributed by atoms with Gasteiger partial charge in [0.05, 0.1) is 16.7 Å². The number of hydrogen-bond donors (Lipinski definition) is 1. The van der Waals surface area contributed by atoms with Crippen LogP contribution in [0.4, 0.5) is 11.4 Å². The molecule has 0 bridgehead atoms. The summed E-state index contributed by atoms with van der Waals surface area (Å²) in [6.45, 7) is 1.82. The fraction of sp³-hybridized carbons (Fsp3) is 0.211. The molecular formula is C19H17ClN2O3S. The maximum absolute atomic E-state index is 12.5. The van der Waals surface area contributed by atoms with Crippen LogP contribution in [0.1, 0.15) is 12.0 Å². The lowest BCUT2D eigenvalue weighted by molar-refractivity contribution is -0.121. The third kappa shape index (κ3) is 3.92. The van der Waals surface area contributed by atoms with Gasteiger partial charge in [0.1, 0.15) is 0 Å². The van der Waals surface area contributed by atoms with E-state index in [1.54, 1.807) is 42.5 Å². The van der Waals surface area contributed by atoms with Crippen molar-refractivity contribution in [1.29, 1.82) is 0 Å². The van der Waals surface area contributed by atoms with Crippen molar-refractivity contribution in [3.8, 4) is 0 Å². The number of halogens is 1. The zero-order valence-corrected chi connectivity index (χ0v) is 15.6. The van der Waals surface area contributed by atoms with E-state index in [0.717, 1.165) is 5.56 Å². The Morgan fingerprint density at radius 1 is 1.19 bits per heavy atom. The highest BCUT2D eigenvalue weighted by atomic mass is 35.5. The van der Waals surface area contributed by atoms with E-state index < -0.39 is 5.25 Å². The zero-order valence-electron chi connectivity index (χ0n) is 14.1. The van der Waals surface area contributed by atoms with E-state index in [0.29, 0.717) is 16.4 Å². The van der Waals surface area contributed by atoms with E-state index in [9.17, 15) is 14.4 Å². The molecule has 1 heterocycles. The summed E-state index contributed by atoms with van der Waals surface area (Å²) in [6.07, 6.45) is 0.0991. The first-order chi connectivity index (χ1) is 12.5. The molecule has 26 heavy (non-hydrogen) atoms. The minimum atomic E-state index is -0.547. The van der Waals surface area contributed by atoms with Gasteiger partial charge in [0.15, 0.2) is 0 Å². The van der Waals surface area contributed by atoms with Gasteiger partial charge >= 0.3 is 0 Å². The minimum Gasteiger partial charge on any atom is -0.325 e. The second-order valence-corrected chi connectivity index (χ2v) is 7.47. The lowest BCUT2D eigenvalue weighted by Gasteiger charge is -2.14. The molecule has 5 nitrogen and oxygen atoms in total. The fourth-order valence-electron chi connectivity index (χ4n) is 2.69. The summed E-state index contributed by atoms with van der Waals surface area (Å²) >= 11 is 7.22. The highest BCUT2D eigenvalue weighted by Crippen LogP contribution is 2.30. The minimum absolute atomic E-state index is 0.0816. The summed E-state index contributed by atoms with van der Waals surface area (Å²) in [5.74, 6) is -0.681. The number of hydrogen-bond acceptors (Lipinski definition) is 4. The summed E-state index contributed by atoms with van der Waals surface area (Å²) in [7, 11) is 0. The molecule has 0 aliphatic carbocycles. The van der Waals surface area contributed by atoms with E-state index in [4.69, 9.17) is 11.6 Å². The average molecular weight is 389 g/mol. The lowest BCUT2D eigenvalue weighted by atomic mass is 10.2. The van der Waals surface area contributed by atoms with Crippen molar-refractivity contribution in [3.05, 3.63) is 59.1 Å². The van der Waals surface area contributed by atoms with Crippen LogP contribution in [0.15, 0.2) is 48.5 Å². The second-order valence-electron chi connectivity index (χ2n) is 5.87. The number of thioether (sulfide) groups is 1. The van der Waals surface area contributed by atoms with Crippen LogP contribution in [0.3, 0.4) is 0 Å². The van der Waals surface area contributed by atoms with Gasteiger partial charge in [-0.1, -0.05) is 35.9 Å². The molecule has 134 valence electrons. The van der Waals surface area contributed by atoms with Crippen LogP contribution in [0, 0.1) is 6.92 Å². The molecule has 1 fully saturated rings.